The van der Waals surface area contributed by atoms with Gasteiger partial charge in [0.15, 0.2) is 5.17 Å². The molecule has 1 amide bonds. The van der Waals surface area contributed by atoms with Gasteiger partial charge in [0, 0.05) is 13.1 Å². The van der Waals surface area contributed by atoms with Gasteiger partial charge in [-0.3, -0.25) is 4.79 Å². The molecule has 1 saturated heterocycles. The van der Waals surface area contributed by atoms with Crippen LogP contribution >= 0.6 is 11.8 Å². The summed E-state index contributed by atoms with van der Waals surface area (Å²) in [5, 5.41) is 0.797. The highest BCUT2D eigenvalue weighted by Gasteiger charge is 2.30. The van der Waals surface area contributed by atoms with Gasteiger partial charge in [0.1, 0.15) is 0 Å². The largest absolute Gasteiger partial charge is 0.372 e. The Bertz CT molecular complexity index is 627. The van der Waals surface area contributed by atoms with Crippen LogP contribution in [0.3, 0.4) is 0 Å². The number of aliphatic imine (C=N–C) groups is 1. The highest BCUT2D eigenvalue weighted by atomic mass is 32.2. The Morgan fingerprint density at radius 3 is 2.50 bits per heavy atom. The fraction of sp³-hybridized carbons (Fsp3) is 0.412. The van der Waals surface area contributed by atoms with Gasteiger partial charge in [-0.15, -0.1) is 0 Å². The van der Waals surface area contributed by atoms with Crippen molar-refractivity contribution in [3.8, 4) is 0 Å². The number of amidine groups is 1. The van der Waals surface area contributed by atoms with Crippen molar-refractivity contribution in [1.29, 1.82) is 0 Å². The summed E-state index contributed by atoms with van der Waals surface area (Å²) in [5.41, 5.74) is 2.24. The lowest BCUT2D eigenvalue weighted by atomic mass is 10.1. The van der Waals surface area contributed by atoms with E-state index >= 15 is 0 Å². The van der Waals surface area contributed by atoms with E-state index in [4.69, 9.17) is 4.74 Å². The molecule has 0 saturated carbocycles. The van der Waals surface area contributed by atoms with E-state index in [0.717, 1.165) is 23.8 Å². The maximum atomic E-state index is 12.1. The van der Waals surface area contributed by atoms with Gasteiger partial charge in [-0.25, -0.2) is 0 Å². The summed E-state index contributed by atoms with van der Waals surface area (Å²) in [6, 6.07) is 8.13. The third-order valence-corrected chi connectivity index (χ3v) is 4.72. The van der Waals surface area contributed by atoms with Gasteiger partial charge < -0.3 is 9.64 Å². The summed E-state index contributed by atoms with van der Waals surface area (Å²) in [6.07, 6.45) is 2.23. The van der Waals surface area contributed by atoms with Crippen molar-refractivity contribution >= 4 is 28.9 Å². The zero-order valence-electron chi connectivity index (χ0n) is 13.1. The van der Waals surface area contributed by atoms with Crippen molar-refractivity contribution < 1.29 is 9.53 Å². The minimum absolute atomic E-state index is 0.146. The lowest BCUT2D eigenvalue weighted by Crippen LogP contribution is -2.47. The lowest BCUT2D eigenvalue weighted by Gasteiger charge is -2.35. The SMILES string of the molecule is Cc1ccc(/C=C2\SC(N3C[C@H](C)O[C@@H](C)C3)=NC2=O)cc1. The molecule has 0 spiro atoms. The predicted molar refractivity (Wildman–Crippen MR) is 90.8 cm³/mol. The van der Waals surface area contributed by atoms with Crippen LogP contribution in [0.5, 0.6) is 0 Å². The second-order valence-corrected chi connectivity index (χ2v) is 6.89. The second-order valence-electron chi connectivity index (χ2n) is 5.88. The number of aryl methyl sites for hydroxylation is 1. The Hall–Kier alpha value is -1.59. The first-order valence-corrected chi connectivity index (χ1v) is 8.32. The Morgan fingerprint density at radius 1 is 1.23 bits per heavy atom. The topological polar surface area (TPSA) is 41.9 Å². The first-order valence-electron chi connectivity index (χ1n) is 7.51. The Balaban J connectivity index is 1.74. The van der Waals surface area contributed by atoms with E-state index in [-0.39, 0.29) is 18.1 Å². The van der Waals surface area contributed by atoms with E-state index in [9.17, 15) is 4.79 Å². The average molecular weight is 316 g/mol. The molecule has 2 atom stereocenters. The zero-order chi connectivity index (χ0) is 15.7. The Labute approximate surface area is 135 Å². The van der Waals surface area contributed by atoms with E-state index in [0.29, 0.717) is 4.91 Å². The molecule has 0 N–H and O–H groups in total. The summed E-state index contributed by atoms with van der Waals surface area (Å²) in [4.78, 5) is 19.2. The van der Waals surface area contributed by atoms with Crippen LogP contribution in [0.15, 0.2) is 34.2 Å². The fourth-order valence-electron chi connectivity index (χ4n) is 2.68. The highest BCUT2D eigenvalue weighted by Crippen LogP contribution is 2.31. The number of morpholine rings is 1. The number of hydrogen-bond acceptors (Lipinski definition) is 4. The second kappa shape index (κ2) is 6.26. The number of carbonyl (C=O) groups is 1. The molecule has 2 aliphatic rings. The molecule has 0 aromatic heterocycles. The number of thioether (sulfide) groups is 1. The summed E-state index contributed by atoms with van der Waals surface area (Å²) < 4.78 is 5.73. The quantitative estimate of drug-likeness (QED) is 0.747. The van der Waals surface area contributed by atoms with Crippen molar-refractivity contribution in [2.75, 3.05) is 13.1 Å². The van der Waals surface area contributed by atoms with Crippen LogP contribution in [0.2, 0.25) is 0 Å². The molecule has 0 radical (unpaired) electrons. The Kier molecular flexibility index (Phi) is 4.36. The first kappa shape index (κ1) is 15.3. The van der Waals surface area contributed by atoms with E-state index in [1.165, 1.54) is 17.3 Å². The summed E-state index contributed by atoms with van der Waals surface area (Å²) >= 11 is 1.46. The van der Waals surface area contributed by atoms with E-state index in [2.05, 4.69) is 9.89 Å². The third kappa shape index (κ3) is 3.42. The molecule has 0 bridgehead atoms. The number of nitrogens with zero attached hydrogens (tertiary/aromatic N) is 2. The van der Waals surface area contributed by atoms with Gasteiger partial charge in [0.05, 0.1) is 17.1 Å². The number of rotatable bonds is 1. The molecule has 4 nitrogen and oxygen atoms in total. The van der Waals surface area contributed by atoms with Crippen LogP contribution < -0.4 is 0 Å². The molecule has 0 aliphatic carbocycles. The van der Waals surface area contributed by atoms with Crippen LogP contribution in [0.1, 0.15) is 25.0 Å². The highest BCUT2D eigenvalue weighted by molar-refractivity contribution is 8.18. The van der Waals surface area contributed by atoms with Gasteiger partial charge >= 0.3 is 0 Å². The third-order valence-electron chi connectivity index (χ3n) is 3.67. The molecule has 1 aromatic carbocycles. The minimum Gasteiger partial charge on any atom is -0.372 e. The van der Waals surface area contributed by atoms with Gasteiger partial charge in [-0.2, -0.15) is 4.99 Å². The van der Waals surface area contributed by atoms with Crippen LogP contribution in [0.4, 0.5) is 0 Å². The molecule has 2 heterocycles. The molecule has 0 unspecified atom stereocenters. The number of ether oxygens (including phenoxy) is 1. The summed E-state index contributed by atoms with van der Waals surface area (Å²) in [7, 11) is 0. The van der Waals surface area contributed by atoms with Crippen LogP contribution in [0, 0.1) is 6.92 Å². The van der Waals surface area contributed by atoms with E-state index in [1.807, 2.05) is 51.1 Å². The molecular weight excluding hydrogens is 296 g/mol. The van der Waals surface area contributed by atoms with Gasteiger partial charge in [-0.1, -0.05) is 29.8 Å². The molecular formula is C17H20N2O2S. The van der Waals surface area contributed by atoms with Crippen LogP contribution in [-0.2, 0) is 9.53 Å². The van der Waals surface area contributed by atoms with Crippen molar-refractivity contribution in [2.45, 2.75) is 33.0 Å². The monoisotopic (exact) mass is 316 g/mol. The first-order chi connectivity index (χ1) is 10.5. The number of carbonyl (C=O) groups excluding carboxylic acids is 1. The maximum absolute atomic E-state index is 12.1. The smallest absolute Gasteiger partial charge is 0.286 e. The number of amides is 1. The fourth-order valence-corrected chi connectivity index (χ4v) is 3.61. The maximum Gasteiger partial charge on any atom is 0.286 e. The number of hydrogen-bond donors (Lipinski definition) is 0. The molecule has 2 aliphatic heterocycles. The van der Waals surface area contributed by atoms with E-state index < -0.39 is 0 Å². The van der Waals surface area contributed by atoms with Crippen molar-refractivity contribution in [1.82, 2.24) is 4.90 Å². The molecule has 1 fully saturated rings. The lowest BCUT2D eigenvalue weighted by molar-refractivity contribution is -0.113. The Morgan fingerprint density at radius 2 is 1.86 bits per heavy atom. The van der Waals surface area contributed by atoms with Crippen molar-refractivity contribution in [2.24, 2.45) is 4.99 Å². The summed E-state index contributed by atoms with van der Waals surface area (Å²) in [5.74, 6) is -0.146. The molecule has 116 valence electrons. The van der Waals surface area contributed by atoms with Crippen LogP contribution in [0.25, 0.3) is 6.08 Å². The standard InChI is InChI=1S/C17H20N2O2S/c1-11-4-6-14(7-5-11)8-15-16(20)18-17(22-15)19-9-12(2)21-13(3)10-19/h4-8,12-13H,9-10H2,1-3H3/b15-8-/t12-,13-/m0/s1. The van der Waals surface area contributed by atoms with Crippen LogP contribution in [-0.4, -0.2) is 41.3 Å². The van der Waals surface area contributed by atoms with Gasteiger partial charge in [0.2, 0.25) is 0 Å². The zero-order valence-corrected chi connectivity index (χ0v) is 13.9. The minimum atomic E-state index is -0.146. The molecule has 5 heteroatoms. The predicted octanol–water partition coefficient (Wildman–Crippen LogP) is 3.07. The molecule has 1 aromatic rings. The molecule has 3 rings (SSSR count). The number of benzene rings is 1. The summed E-state index contributed by atoms with van der Waals surface area (Å²) in [6.45, 7) is 7.71. The van der Waals surface area contributed by atoms with Crippen molar-refractivity contribution in [3.05, 3.63) is 40.3 Å². The van der Waals surface area contributed by atoms with Gasteiger partial charge in [0.25, 0.3) is 5.91 Å². The molecule has 22 heavy (non-hydrogen) atoms. The van der Waals surface area contributed by atoms with Gasteiger partial charge in [-0.05, 0) is 44.2 Å². The van der Waals surface area contributed by atoms with Crippen molar-refractivity contribution in [3.63, 3.8) is 0 Å². The van der Waals surface area contributed by atoms with E-state index in [1.54, 1.807) is 0 Å². The average Bonchev–Trinajstić information content (AvgIpc) is 2.82. The normalized spacial score (nSPS) is 27.4.